The molecule has 6 heteroatoms. The van der Waals surface area contributed by atoms with E-state index in [0.717, 1.165) is 6.61 Å². The standard InChI is InChI=1S/C11H9Cl3O3/c12-11(13,14)10(15)7-1-3-8(4-2-7)16-5-9-6-17-9/h1-4,9H,5-6H2. The van der Waals surface area contributed by atoms with Crippen LogP contribution in [0.1, 0.15) is 10.4 Å². The second-order valence-electron chi connectivity index (χ2n) is 3.62. The number of alkyl halides is 3. The van der Waals surface area contributed by atoms with Gasteiger partial charge in [0.25, 0.3) is 3.79 Å². The van der Waals surface area contributed by atoms with Gasteiger partial charge in [-0.25, -0.2) is 0 Å². The lowest BCUT2D eigenvalue weighted by Crippen LogP contribution is -2.18. The van der Waals surface area contributed by atoms with E-state index in [2.05, 4.69) is 0 Å². The fourth-order valence-corrected chi connectivity index (χ4v) is 1.55. The van der Waals surface area contributed by atoms with Crippen molar-refractivity contribution in [3.63, 3.8) is 0 Å². The molecule has 1 heterocycles. The predicted molar refractivity (Wildman–Crippen MR) is 66.3 cm³/mol. The van der Waals surface area contributed by atoms with Crippen LogP contribution in [0, 0.1) is 0 Å². The fraction of sp³-hybridized carbons (Fsp3) is 0.364. The van der Waals surface area contributed by atoms with Gasteiger partial charge in [-0.2, -0.15) is 0 Å². The second kappa shape index (κ2) is 5.02. The Balaban J connectivity index is 1.99. The number of benzene rings is 1. The largest absolute Gasteiger partial charge is 0.491 e. The molecule has 1 unspecified atom stereocenters. The van der Waals surface area contributed by atoms with E-state index >= 15 is 0 Å². The summed E-state index contributed by atoms with van der Waals surface area (Å²) < 4.78 is 8.49. The van der Waals surface area contributed by atoms with Gasteiger partial charge in [-0.1, -0.05) is 34.8 Å². The molecule has 0 spiro atoms. The van der Waals surface area contributed by atoms with Crippen molar-refractivity contribution in [2.75, 3.05) is 13.2 Å². The first-order valence-electron chi connectivity index (χ1n) is 4.93. The Kier molecular flexibility index (Phi) is 3.83. The van der Waals surface area contributed by atoms with Crippen LogP contribution in [0.2, 0.25) is 0 Å². The third-order valence-corrected chi connectivity index (χ3v) is 2.73. The van der Waals surface area contributed by atoms with Gasteiger partial charge in [-0.15, -0.1) is 0 Å². The number of hydrogen-bond donors (Lipinski definition) is 0. The summed E-state index contributed by atoms with van der Waals surface area (Å²) in [5, 5.41) is 0. The molecular formula is C11H9Cl3O3. The number of halogens is 3. The summed E-state index contributed by atoms with van der Waals surface area (Å²) >= 11 is 16.5. The number of ether oxygens (including phenoxy) is 2. The number of rotatable bonds is 4. The summed E-state index contributed by atoms with van der Waals surface area (Å²) in [6, 6.07) is 6.44. The van der Waals surface area contributed by atoms with Gasteiger partial charge < -0.3 is 9.47 Å². The van der Waals surface area contributed by atoms with Crippen LogP contribution in [0.3, 0.4) is 0 Å². The molecule has 1 saturated heterocycles. The number of epoxide rings is 1. The number of carbonyl (C=O) groups is 1. The highest BCUT2D eigenvalue weighted by atomic mass is 35.6. The van der Waals surface area contributed by atoms with Crippen LogP contribution >= 0.6 is 34.8 Å². The van der Waals surface area contributed by atoms with Crippen molar-refractivity contribution >= 4 is 40.6 Å². The van der Waals surface area contributed by atoms with E-state index < -0.39 is 9.58 Å². The minimum absolute atomic E-state index is 0.192. The summed E-state index contributed by atoms with van der Waals surface area (Å²) in [6.07, 6.45) is 0.192. The third kappa shape index (κ3) is 3.75. The molecule has 0 radical (unpaired) electrons. The Morgan fingerprint density at radius 2 is 1.94 bits per heavy atom. The van der Waals surface area contributed by atoms with Gasteiger partial charge in [0.05, 0.1) is 6.61 Å². The number of hydrogen-bond acceptors (Lipinski definition) is 3. The van der Waals surface area contributed by atoms with Crippen molar-refractivity contribution in [2.24, 2.45) is 0 Å². The zero-order valence-corrected chi connectivity index (χ0v) is 10.9. The summed E-state index contributed by atoms with van der Waals surface area (Å²) in [4.78, 5) is 11.6. The molecule has 1 fully saturated rings. The van der Waals surface area contributed by atoms with Gasteiger partial charge in [0.15, 0.2) is 0 Å². The highest BCUT2D eigenvalue weighted by Gasteiger charge is 2.31. The van der Waals surface area contributed by atoms with Crippen molar-refractivity contribution < 1.29 is 14.3 Å². The van der Waals surface area contributed by atoms with E-state index in [1.54, 1.807) is 24.3 Å². The van der Waals surface area contributed by atoms with Gasteiger partial charge in [-0.05, 0) is 24.3 Å². The van der Waals surface area contributed by atoms with Gasteiger partial charge in [0, 0.05) is 5.56 Å². The smallest absolute Gasteiger partial charge is 0.253 e. The molecule has 1 aliphatic heterocycles. The summed E-state index contributed by atoms with van der Waals surface area (Å²) in [7, 11) is 0. The highest BCUT2D eigenvalue weighted by Crippen LogP contribution is 2.30. The molecule has 0 saturated carbocycles. The molecule has 1 atom stereocenters. The molecule has 92 valence electrons. The molecular weight excluding hydrogens is 286 g/mol. The maximum absolute atomic E-state index is 11.6. The minimum atomic E-state index is -1.93. The molecule has 1 aromatic carbocycles. The molecule has 0 aliphatic carbocycles. The van der Waals surface area contributed by atoms with Crippen LogP contribution in [-0.4, -0.2) is 28.9 Å². The molecule has 0 bridgehead atoms. The first-order chi connectivity index (χ1) is 7.97. The van der Waals surface area contributed by atoms with Crippen LogP contribution < -0.4 is 4.74 Å². The van der Waals surface area contributed by atoms with Crippen LogP contribution in [-0.2, 0) is 4.74 Å². The first kappa shape index (κ1) is 13.0. The zero-order valence-electron chi connectivity index (χ0n) is 8.66. The second-order valence-corrected chi connectivity index (χ2v) is 5.90. The van der Waals surface area contributed by atoms with Crippen molar-refractivity contribution in [1.82, 2.24) is 0 Å². The maximum Gasteiger partial charge on any atom is 0.253 e. The lowest BCUT2D eigenvalue weighted by atomic mass is 10.1. The van der Waals surface area contributed by atoms with Crippen molar-refractivity contribution in [3.05, 3.63) is 29.8 Å². The van der Waals surface area contributed by atoms with E-state index in [4.69, 9.17) is 44.3 Å². The quantitative estimate of drug-likeness (QED) is 0.487. The van der Waals surface area contributed by atoms with E-state index in [0.29, 0.717) is 17.9 Å². The molecule has 17 heavy (non-hydrogen) atoms. The van der Waals surface area contributed by atoms with Crippen molar-refractivity contribution in [1.29, 1.82) is 0 Å². The number of Topliss-reactive ketones (excluding diaryl/α,β-unsaturated/α-hetero) is 1. The van der Waals surface area contributed by atoms with Crippen LogP contribution in [0.4, 0.5) is 0 Å². The van der Waals surface area contributed by atoms with Gasteiger partial charge >= 0.3 is 0 Å². The molecule has 2 rings (SSSR count). The molecule has 0 amide bonds. The van der Waals surface area contributed by atoms with Gasteiger partial charge in [0.1, 0.15) is 18.5 Å². The molecule has 0 N–H and O–H groups in total. The fourth-order valence-electron chi connectivity index (χ4n) is 1.22. The Bertz CT molecular complexity index is 407. The molecule has 1 aromatic rings. The zero-order chi connectivity index (χ0) is 12.5. The van der Waals surface area contributed by atoms with Gasteiger partial charge in [0.2, 0.25) is 5.78 Å². The monoisotopic (exact) mass is 294 g/mol. The first-order valence-corrected chi connectivity index (χ1v) is 6.06. The number of ketones is 1. The van der Waals surface area contributed by atoms with E-state index in [9.17, 15) is 4.79 Å². The molecule has 3 nitrogen and oxygen atoms in total. The average Bonchev–Trinajstić information content (AvgIpc) is 3.09. The SMILES string of the molecule is O=C(c1ccc(OCC2CO2)cc1)C(Cl)(Cl)Cl. The topological polar surface area (TPSA) is 38.8 Å². The normalized spacial score (nSPS) is 18.9. The number of carbonyl (C=O) groups excluding carboxylic acids is 1. The minimum Gasteiger partial charge on any atom is -0.491 e. The summed E-state index contributed by atoms with van der Waals surface area (Å²) in [6.45, 7) is 1.25. The Hall–Kier alpha value is -0.480. The predicted octanol–water partition coefficient (Wildman–Crippen LogP) is 3.02. The highest BCUT2D eigenvalue weighted by molar-refractivity contribution is 6.77. The Morgan fingerprint density at radius 1 is 1.35 bits per heavy atom. The van der Waals surface area contributed by atoms with Crippen molar-refractivity contribution in [2.45, 2.75) is 9.90 Å². The average molecular weight is 296 g/mol. The van der Waals surface area contributed by atoms with Crippen molar-refractivity contribution in [3.8, 4) is 5.75 Å². The Morgan fingerprint density at radius 3 is 2.41 bits per heavy atom. The maximum atomic E-state index is 11.6. The lowest BCUT2D eigenvalue weighted by Gasteiger charge is -2.10. The third-order valence-electron chi connectivity index (χ3n) is 2.21. The van der Waals surface area contributed by atoms with E-state index in [-0.39, 0.29) is 6.10 Å². The molecule has 0 aromatic heterocycles. The molecule has 1 aliphatic rings. The Labute approximate surface area is 114 Å². The lowest BCUT2D eigenvalue weighted by molar-refractivity contribution is 0.0996. The van der Waals surface area contributed by atoms with E-state index in [1.807, 2.05) is 0 Å². The van der Waals surface area contributed by atoms with Crippen LogP contribution in [0.15, 0.2) is 24.3 Å². The summed E-state index contributed by atoms with van der Waals surface area (Å²) in [5.74, 6) is 0.0981. The van der Waals surface area contributed by atoms with Gasteiger partial charge in [-0.3, -0.25) is 4.79 Å². The van der Waals surface area contributed by atoms with Crippen LogP contribution in [0.5, 0.6) is 5.75 Å². The summed E-state index contributed by atoms with van der Waals surface area (Å²) in [5.41, 5.74) is 0.333. The van der Waals surface area contributed by atoms with Crippen LogP contribution in [0.25, 0.3) is 0 Å². The van der Waals surface area contributed by atoms with E-state index in [1.165, 1.54) is 0 Å².